The van der Waals surface area contributed by atoms with Crippen molar-refractivity contribution in [3.05, 3.63) is 0 Å². The van der Waals surface area contributed by atoms with E-state index in [0.29, 0.717) is 44.9 Å². The van der Waals surface area contributed by atoms with Crippen LogP contribution < -0.4 is 0 Å². The highest BCUT2D eigenvalue weighted by molar-refractivity contribution is 5.66. The molecule has 5 N–H and O–H groups in total. The van der Waals surface area contributed by atoms with Crippen LogP contribution in [0.25, 0.3) is 0 Å². The van der Waals surface area contributed by atoms with Gasteiger partial charge >= 0.3 is 11.9 Å². The summed E-state index contributed by atoms with van der Waals surface area (Å²) < 4.78 is 5.27. The standard InChI is InChI=1S/C24H46O8/c1-3-4-5-6-7-13-20(26)22(28)16-17-23(29)21(27)14-10-12-19(32-18(2)25)11-8-9-15-24(30)31/h19-23,26-29H,3-17H2,1-2H3,(H,30,31)/t19-,20-,21-,22+,23+/m0/s1. The Morgan fingerprint density at radius 3 is 1.66 bits per heavy atom. The fourth-order valence-corrected chi connectivity index (χ4v) is 3.77. The molecule has 190 valence electrons. The van der Waals surface area contributed by atoms with E-state index in [9.17, 15) is 30.0 Å². The van der Waals surface area contributed by atoms with E-state index in [2.05, 4.69) is 6.92 Å². The van der Waals surface area contributed by atoms with Gasteiger partial charge in [-0.25, -0.2) is 0 Å². The topological polar surface area (TPSA) is 145 Å². The molecule has 0 aliphatic rings. The Hall–Kier alpha value is -1.22. The lowest BCUT2D eigenvalue weighted by Gasteiger charge is -2.22. The second-order valence-corrected chi connectivity index (χ2v) is 8.85. The summed E-state index contributed by atoms with van der Waals surface area (Å²) in [5.41, 5.74) is 0. The average molecular weight is 463 g/mol. The van der Waals surface area contributed by atoms with Gasteiger partial charge in [0.25, 0.3) is 0 Å². The third-order valence-electron chi connectivity index (χ3n) is 5.78. The molecule has 0 bridgehead atoms. The first-order valence-electron chi connectivity index (χ1n) is 12.3. The summed E-state index contributed by atoms with van der Waals surface area (Å²) >= 11 is 0. The molecule has 0 rings (SSSR count). The molecule has 0 radical (unpaired) electrons. The fourth-order valence-electron chi connectivity index (χ4n) is 3.77. The van der Waals surface area contributed by atoms with Crippen molar-refractivity contribution in [2.45, 2.75) is 141 Å². The smallest absolute Gasteiger partial charge is 0.303 e. The normalized spacial score (nSPS) is 16.2. The fraction of sp³-hybridized carbons (Fsp3) is 0.917. The van der Waals surface area contributed by atoms with Crippen molar-refractivity contribution in [1.82, 2.24) is 0 Å². The van der Waals surface area contributed by atoms with E-state index in [-0.39, 0.29) is 25.4 Å². The van der Waals surface area contributed by atoms with E-state index < -0.39 is 36.4 Å². The van der Waals surface area contributed by atoms with Crippen LogP contribution in [0.5, 0.6) is 0 Å². The number of esters is 1. The zero-order chi connectivity index (χ0) is 24.4. The van der Waals surface area contributed by atoms with Crippen LogP contribution in [0, 0.1) is 0 Å². The molecule has 0 aromatic carbocycles. The number of hydrogen-bond donors (Lipinski definition) is 5. The van der Waals surface area contributed by atoms with Crippen molar-refractivity contribution in [2.24, 2.45) is 0 Å². The molecule has 8 heteroatoms. The molecule has 8 nitrogen and oxygen atoms in total. The van der Waals surface area contributed by atoms with Gasteiger partial charge in [-0.1, -0.05) is 39.0 Å². The Morgan fingerprint density at radius 2 is 1.12 bits per heavy atom. The Balaban J connectivity index is 4.12. The SMILES string of the molecule is CCCCCCC[C@H](O)[C@H](O)CC[C@@H](O)[C@@H](O)CCC[C@H](CCCCC(=O)O)OC(C)=O. The minimum Gasteiger partial charge on any atom is -0.481 e. The minimum absolute atomic E-state index is 0.0805. The summed E-state index contributed by atoms with van der Waals surface area (Å²) in [5.74, 6) is -1.25. The van der Waals surface area contributed by atoms with Crippen LogP contribution in [-0.2, 0) is 14.3 Å². The highest BCUT2D eigenvalue weighted by Gasteiger charge is 2.22. The molecular weight excluding hydrogens is 416 g/mol. The Morgan fingerprint density at radius 1 is 0.656 bits per heavy atom. The van der Waals surface area contributed by atoms with Crippen LogP contribution in [0.2, 0.25) is 0 Å². The van der Waals surface area contributed by atoms with Gasteiger partial charge in [-0.3, -0.25) is 9.59 Å². The number of carbonyl (C=O) groups is 2. The molecule has 0 heterocycles. The number of carboxylic acids is 1. The maximum Gasteiger partial charge on any atom is 0.303 e. The van der Waals surface area contributed by atoms with Gasteiger partial charge in [-0.2, -0.15) is 0 Å². The average Bonchev–Trinajstić information content (AvgIpc) is 2.73. The van der Waals surface area contributed by atoms with E-state index in [4.69, 9.17) is 9.84 Å². The molecule has 0 aliphatic carbocycles. The molecule has 5 atom stereocenters. The summed E-state index contributed by atoms with van der Waals surface area (Å²) in [7, 11) is 0. The Kier molecular flexibility index (Phi) is 18.5. The van der Waals surface area contributed by atoms with Crippen LogP contribution in [-0.4, -0.2) is 68.0 Å². The second-order valence-electron chi connectivity index (χ2n) is 8.85. The molecule has 0 aliphatic heterocycles. The highest BCUT2D eigenvalue weighted by atomic mass is 16.5. The number of hydrogen-bond acceptors (Lipinski definition) is 7. The van der Waals surface area contributed by atoms with E-state index in [1.54, 1.807) is 0 Å². The van der Waals surface area contributed by atoms with Crippen molar-refractivity contribution in [3.8, 4) is 0 Å². The van der Waals surface area contributed by atoms with Gasteiger partial charge < -0.3 is 30.3 Å². The quantitative estimate of drug-likeness (QED) is 0.129. The number of aliphatic carboxylic acids is 1. The lowest BCUT2D eigenvalue weighted by Crippen LogP contribution is -2.31. The van der Waals surface area contributed by atoms with Gasteiger partial charge in [-0.15, -0.1) is 0 Å². The summed E-state index contributed by atoms with van der Waals surface area (Å²) in [6.07, 6.45) is 5.47. The van der Waals surface area contributed by atoms with Crippen molar-refractivity contribution >= 4 is 11.9 Å². The molecule has 0 saturated heterocycles. The first kappa shape index (κ1) is 30.8. The van der Waals surface area contributed by atoms with Crippen molar-refractivity contribution < 1.29 is 39.9 Å². The predicted molar refractivity (Wildman–Crippen MR) is 122 cm³/mol. The number of carboxylic acid groups (broad SMARTS) is 1. The molecular formula is C24H46O8. The zero-order valence-electron chi connectivity index (χ0n) is 20.0. The maximum absolute atomic E-state index is 11.3. The molecule has 0 amide bonds. The second kappa shape index (κ2) is 19.3. The van der Waals surface area contributed by atoms with Crippen molar-refractivity contribution in [1.29, 1.82) is 0 Å². The van der Waals surface area contributed by atoms with E-state index in [0.717, 1.165) is 25.7 Å². The zero-order valence-corrected chi connectivity index (χ0v) is 20.0. The lowest BCUT2D eigenvalue weighted by molar-refractivity contribution is -0.147. The van der Waals surface area contributed by atoms with Crippen LogP contribution in [0.3, 0.4) is 0 Å². The van der Waals surface area contributed by atoms with E-state index >= 15 is 0 Å². The van der Waals surface area contributed by atoms with Gasteiger partial charge in [-0.05, 0) is 57.8 Å². The summed E-state index contributed by atoms with van der Waals surface area (Å²) in [4.78, 5) is 21.8. The number of ether oxygens (including phenoxy) is 1. The van der Waals surface area contributed by atoms with Crippen LogP contribution in [0.1, 0.15) is 110 Å². The minimum atomic E-state index is -0.996. The summed E-state index contributed by atoms with van der Waals surface area (Å²) in [5, 5.41) is 49.2. The molecule has 0 fully saturated rings. The molecule has 0 aromatic rings. The third-order valence-corrected chi connectivity index (χ3v) is 5.78. The predicted octanol–water partition coefficient (Wildman–Crippen LogP) is 3.32. The van der Waals surface area contributed by atoms with Crippen LogP contribution in [0.15, 0.2) is 0 Å². The number of aliphatic hydroxyl groups excluding tert-OH is 4. The number of unbranched alkanes of at least 4 members (excludes halogenated alkanes) is 5. The van der Waals surface area contributed by atoms with E-state index in [1.807, 2.05) is 0 Å². The largest absolute Gasteiger partial charge is 0.481 e. The number of rotatable bonds is 21. The number of aliphatic hydroxyl groups is 4. The van der Waals surface area contributed by atoms with Gasteiger partial charge in [0.2, 0.25) is 0 Å². The van der Waals surface area contributed by atoms with Crippen LogP contribution in [0.4, 0.5) is 0 Å². The summed E-state index contributed by atoms with van der Waals surface area (Å²) in [6, 6.07) is 0. The molecule has 0 spiro atoms. The van der Waals surface area contributed by atoms with Crippen molar-refractivity contribution in [3.63, 3.8) is 0 Å². The molecule has 32 heavy (non-hydrogen) atoms. The summed E-state index contributed by atoms with van der Waals surface area (Å²) in [6.45, 7) is 3.47. The van der Waals surface area contributed by atoms with E-state index in [1.165, 1.54) is 13.3 Å². The molecule has 0 unspecified atom stereocenters. The number of carbonyl (C=O) groups excluding carboxylic acids is 1. The monoisotopic (exact) mass is 462 g/mol. The third kappa shape index (κ3) is 17.3. The first-order valence-corrected chi connectivity index (χ1v) is 12.3. The molecule has 0 aromatic heterocycles. The van der Waals surface area contributed by atoms with Gasteiger partial charge in [0.15, 0.2) is 0 Å². The van der Waals surface area contributed by atoms with Crippen LogP contribution >= 0.6 is 0 Å². The highest BCUT2D eigenvalue weighted by Crippen LogP contribution is 2.18. The Labute approximate surface area is 193 Å². The Bertz CT molecular complexity index is 485. The van der Waals surface area contributed by atoms with Crippen molar-refractivity contribution in [2.75, 3.05) is 0 Å². The molecule has 0 saturated carbocycles. The van der Waals surface area contributed by atoms with Gasteiger partial charge in [0.05, 0.1) is 24.4 Å². The maximum atomic E-state index is 11.3. The van der Waals surface area contributed by atoms with Gasteiger partial charge in [0.1, 0.15) is 6.10 Å². The lowest BCUT2D eigenvalue weighted by atomic mass is 9.96. The van der Waals surface area contributed by atoms with Gasteiger partial charge in [0, 0.05) is 13.3 Å². The first-order chi connectivity index (χ1) is 15.2.